The standard InChI is InChI=1S/C13H15ClFNO2/c1-18-8-9-4-5-16(7-9)13(17)11-6-10(15)2-3-12(11)14/h2-3,6,9H,4-5,7-8H2,1H3/t9-/m0/s1. The van der Waals surface area contributed by atoms with Gasteiger partial charge in [-0.1, -0.05) is 11.6 Å². The third-order valence-electron chi connectivity index (χ3n) is 3.13. The van der Waals surface area contributed by atoms with Gasteiger partial charge < -0.3 is 9.64 Å². The second-order valence-corrected chi connectivity index (χ2v) is 4.89. The average Bonchev–Trinajstić information content (AvgIpc) is 2.80. The van der Waals surface area contributed by atoms with Gasteiger partial charge in [0.05, 0.1) is 17.2 Å². The lowest BCUT2D eigenvalue weighted by atomic mass is 10.1. The minimum absolute atomic E-state index is 0.210. The average molecular weight is 272 g/mol. The fourth-order valence-electron chi connectivity index (χ4n) is 2.22. The van der Waals surface area contributed by atoms with Crippen molar-refractivity contribution in [1.82, 2.24) is 4.90 Å². The van der Waals surface area contributed by atoms with E-state index in [4.69, 9.17) is 16.3 Å². The van der Waals surface area contributed by atoms with Crippen molar-refractivity contribution in [2.24, 2.45) is 5.92 Å². The lowest BCUT2D eigenvalue weighted by Gasteiger charge is -2.17. The van der Waals surface area contributed by atoms with Crippen molar-refractivity contribution >= 4 is 17.5 Å². The number of carbonyl (C=O) groups is 1. The number of amides is 1. The third-order valence-corrected chi connectivity index (χ3v) is 3.46. The van der Waals surface area contributed by atoms with Gasteiger partial charge in [0.1, 0.15) is 5.82 Å². The maximum Gasteiger partial charge on any atom is 0.255 e. The topological polar surface area (TPSA) is 29.5 Å². The smallest absolute Gasteiger partial charge is 0.255 e. The second kappa shape index (κ2) is 5.67. The molecule has 1 aliphatic rings. The Bertz CT molecular complexity index is 453. The van der Waals surface area contributed by atoms with Crippen molar-refractivity contribution in [3.05, 3.63) is 34.6 Å². The van der Waals surface area contributed by atoms with Crippen LogP contribution in [0.5, 0.6) is 0 Å². The normalized spacial score (nSPS) is 19.3. The van der Waals surface area contributed by atoms with Gasteiger partial charge in [0.2, 0.25) is 0 Å². The molecule has 1 aliphatic heterocycles. The molecule has 0 aliphatic carbocycles. The molecule has 0 spiro atoms. The minimum atomic E-state index is -0.449. The summed E-state index contributed by atoms with van der Waals surface area (Å²) in [4.78, 5) is 13.9. The van der Waals surface area contributed by atoms with Gasteiger partial charge in [0, 0.05) is 26.1 Å². The first-order valence-electron chi connectivity index (χ1n) is 5.85. The first kappa shape index (κ1) is 13.3. The molecule has 2 rings (SSSR count). The summed E-state index contributed by atoms with van der Waals surface area (Å²) in [6.07, 6.45) is 0.909. The molecule has 5 heteroatoms. The van der Waals surface area contributed by atoms with Crippen molar-refractivity contribution in [1.29, 1.82) is 0 Å². The molecule has 1 heterocycles. The quantitative estimate of drug-likeness (QED) is 0.846. The fourth-order valence-corrected chi connectivity index (χ4v) is 2.42. The molecular formula is C13H15ClFNO2. The molecule has 0 bridgehead atoms. The van der Waals surface area contributed by atoms with E-state index in [0.717, 1.165) is 6.42 Å². The van der Waals surface area contributed by atoms with E-state index < -0.39 is 5.82 Å². The van der Waals surface area contributed by atoms with Crippen molar-refractivity contribution < 1.29 is 13.9 Å². The summed E-state index contributed by atoms with van der Waals surface area (Å²) in [5, 5.41) is 0.289. The number of ether oxygens (including phenoxy) is 1. The van der Waals surface area contributed by atoms with E-state index in [0.29, 0.717) is 25.6 Å². The molecular weight excluding hydrogens is 257 g/mol. The van der Waals surface area contributed by atoms with E-state index in [1.807, 2.05) is 0 Å². The number of benzene rings is 1. The molecule has 0 radical (unpaired) electrons. The van der Waals surface area contributed by atoms with Crippen LogP contribution in [0.25, 0.3) is 0 Å². The maximum absolute atomic E-state index is 13.1. The summed E-state index contributed by atoms with van der Waals surface area (Å²) in [5.74, 6) is -0.306. The number of nitrogens with zero attached hydrogens (tertiary/aromatic N) is 1. The zero-order valence-corrected chi connectivity index (χ0v) is 10.9. The molecule has 1 saturated heterocycles. The number of carbonyl (C=O) groups excluding carboxylic acids is 1. The van der Waals surface area contributed by atoms with Crippen molar-refractivity contribution in [2.75, 3.05) is 26.8 Å². The summed E-state index contributed by atoms with van der Waals surface area (Å²) in [6.45, 7) is 1.94. The number of hydrogen-bond donors (Lipinski definition) is 0. The zero-order valence-electron chi connectivity index (χ0n) is 10.2. The second-order valence-electron chi connectivity index (χ2n) is 4.49. The summed E-state index contributed by atoms with van der Waals surface area (Å²) >= 11 is 5.93. The van der Waals surface area contributed by atoms with E-state index in [-0.39, 0.29) is 16.5 Å². The van der Waals surface area contributed by atoms with Crippen molar-refractivity contribution in [2.45, 2.75) is 6.42 Å². The minimum Gasteiger partial charge on any atom is -0.384 e. The number of halogens is 2. The molecule has 0 N–H and O–H groups in total. The molecule has 1 fully saturated rings. The molecule has 0 unspecified atom stereocenters. The first-order valence-corrected chi connectivity index (χ1v) is 6.23. The van der Waals surface area contributed by atoms with E-state index >= 15 is 0 Å². The highest BCUT2D eigenvalue weighted by molar-refractivity contribution is 6.33. The first-order chi connectivity index (χ1) is 8.61. The van der Waals surface area contributed by atoms with Crippen LogP contribution in [-0.4, -0.2) is 37.6 Å². The van der Waals surface area contributed by atoms with Gasteiger partial charge in [0.15, 0.2) is 0 Å². The number of likely N-dealkylation sites (tertiary alicyclic amines) is 1. The lowest BCUT2D eigenvalue weighted by molar-refractivity contribution is 0.0775. The van der Waals surface area contributed by atoms with Gasteiger partial charge in [-0.3, -0.25) is 4.79 Å². The zero-order chi connectivity index (χ0) is 13.1. The van der Waals surface area contributed by atoms with Crippen LogP contribution in [0.15, 0.2) is 18.2 Å². The van der Waals surface area contributed by atoms with Crippen molar-refractivity contribution in [3.63, 3.8) is 0 Å². The number of rotatable bonds is 3. The van der Waals surface area contributed by atoms with Crippen LogP contribution in [0.3, 0.4) is 0 Å². The molecule has 0 aromatic heterocycles. The molecule has 1 aromatic rings. The van der Waals surface area contributed by atoms with E-state index in [9.17, 15) is 9.18 Å². The van der Waals surface area contributed by atoms with Gasteiger partial charge in [-0.05, 0) is 24.6 Å². The monoisotopic (exact) mass is 271 g/mol. The molecule has 1 atom stereocenters. The Morgan fingerprint density at radius 3 is 3.11 bits per heavy atom. The highest BCUT2D eigenvalue weighted by atomic mass is 35.5. The predicted molar refractivity (Wildman–Crippen MR) is 67.3 cm³/mol. The molecule has 98 valence electrons. The maximum atomic E-state index is 13.1. The highest BCUT2D eigenvalue weighted by Crippen LogP contribution is 2.23. The van der Waals surface area contributed by atoms with E-state index in [1.165, 1.54) is 18.2 Å². The Labute approximate surface area is 110 Å². The summed E-state index contributed by atoms with van der Waals surface area (Å²) in [5.41, 5.74) is 0.231. The Morgan fingerprint density at radius 1 is 1.61 bits per heavy atom. The largest absolute Gasteiger partial charge is 0.384 e. The Morgan fingerprint density at radius 2 is 2.39 bits per heavy atom. The Kier molecular flexibility index (Phi) is 4.19. The van der Waals surface area contributed by atoms with Crippen LogP contribution in [0, 0.1) is 11.7 Å². The van der Waals surface area contributed by atoms with Crippen LogP contribution in [0.4, 0.5) is 4.39 Å². The van der Waals surface area contributed by atoms with Crippen LogP contribution in [-0.2, 0) is 4.74 Å². The Hall–Kier alpha value is -1.13. The number of methoxy groups -OCH3 is 1. The lowest BCUT2D eigenvalue weighted by Crippen LogP contribution is -2.29. The Balaban J connectivity index is 2.10. The van der Waals surface area contributed by atoms with Crippen molar-refractivity contribution in [3.8, 4) is 0 Å². The SMILES string of the molecule is COC[C@H]1CCN(C(=O)c2cc(F)ccc2Cl)C1. The van der Waals surface area contributed by atoms with Gasteiger partial charge in [0.25, 0.3) is 5.91 Å². The molecule has 0 saturated carbocycles. The predicted octanol–water partition coefficient (Wildman–Crippen LogP) is 2.59. The van der Waals surface area contributed by atoms with Gasteiger partial charge >= 0.3 is 0 Å². The molecule has 3 nitrogen and oxygen atoms in total. The summed E-state index contributed by atoms with van der Waals surface area (Å²) in [7, 11) is 1.65. The molecule has 1 amide bonds. The van der Waals surface area contributed by atoms with Crippen LogP contribution in [0.2, 0.25) is 5.02 Å². The van der Waals surface area contributed by atoms with E-state index in [2.05, 4.69) is 0 Å². The number of hydrogen-bond acceptors (Lipinski definition) is 2. The van der Waals surface area contributed by atoms with E-state index in [1.54, 1.807) is 12.0 Å². The van der Waals surface area contributed by atoms with Gasteiger partial charge in [-0.15, -0.1) is 0 Å². The highest BCUT2D eigenvalue weighted by Gasteiger charge is 2.28. The van der Waals surface area contributed by atoms with Gasteiger partial charge in [-0.2, -0.15) is 0 Å². The third kappa shape index (κ3) is 2.82. The molecule has 18 heavy (non-hydrogen) atoms. The van der Waals surface area contributed by atoms with Crippen LogP contribution >= 0.6 is 11.6 Å². The summed E-state index contributed by atoms with van der Waals surface area (Å²) in [6, 6.07) is 3.85. The van der Waals surface area contributed by atoms with Crippen LogP contribution in [0.1, 0.15) is 16.8 Å². The van der Waals surface area contributed by atoms with Gasteiger partial charge in [-0.25, -0.2) is 4.39 Å². The summed E-state index contributed by atoms with van der Waals surface area (Å²) < 4.78 is 18.2. The fraction of sp³-hybridized carbons (Fsp3) is 0.462. The molecule has 1 aromatic carbocycles. The van der Waals surface area contributed by atoms with Crippen LogP contribution < -0.4 is 0 Å².